The number of anilines is 1. The van der Waals surface area contributed by atoms with Crippen LogP contribution in [0.4, 0.5) is 5.69 Å². The highest BCUT2D eigenvalue weighted by molar-refractivity contribution is 7.93. The molecule has 0 spiro atoms. The molecule has 0 aliphatic rings. The summed E-state index contributed by atoms with van der Waals surface area (Å²) in [5, 5.41) is 2.29. The number of amides is 1. The minimum absolute atomic E-state index is 0.0374. The summed E-state index contributed by atoms with van der Waals surface area (Å²) < 4.78 is 33.5. The van der Waals surface area contributed by atoms with Crippen LogP contribution in [-0.2, 0) is 26.1 Å². The molecular weight excluding hydrogens is 452 g/mol. The predicted octanol–water partition coefficient (Wildman–Crippen LogP) is 3.64. The standard InChI is InChI=1S/C23H21ClN2O5S/c1-25-22(27)16-31-23(28)18-12-13-20(24)21(14-18)32(29,30)26(19-10-6-3-7-11-19)15-17-8-4-2-5-9-17/h2-14H,15-16H2,1H3,(H,25,27). The van der Waals surface area contributed by atoms with Crippen LogP contribution in [0.25, 0.3) is 0 Å². The Morgan fingerprint density at radius 3 is 2.22 bits per heavy atom. The number of carbonyl (C=O) groups is 2. The summed E-state index contributed by atoms with van der Waals surface area (Å²) in [5.41, 5.74) is 1.18. The summed E-state index contributed by atoms with van der Waals surface area (Å²) in [7, 11) is -2.75. The third-order valence-electron chi connectivity index (χ3n) is 4.56. The van der Waals surface area contributed by atoms with Gasteiger partial charge >= 0.3 is 5.97 Å². The molecule has 0 atom stereocenters. The number of halogens is 1. The van der Waals surface area contributed by atoms with Gasteiger partial charge in [0.25, 0.3) is 15.9 Å². The summed E-state index contributed by atoms with van der Waals surface area (Å²) >= 11 is 6.25. The molecule has 0 aliphatic heterocycles. The molecule has 0 aromatic heterocycles. The fourth-order valence-electron chi connectivity index (χ4n) is 2.89. The number of hydrogen-bond acceptors (Lipinski definition) is 5. The van der Waals surface area contributed by atoms with E-state index in [1.165, 1.54) is 23.5 Å². The van der Waals surface area contributed by atoms with Gasteiger partial charge in [0.1, 0.15) is 4.90 Å². The monoisotopic (exact) mass is 472 g/mol. The fraction of sp³-hybridized carbons (Fsp3) is 0.130. The topological polar surface area (TPSA) is 92.8 Å². The average Bonchev–Trinajstić information content (AvgIpc) is 2.82. The lowest BCUT2D eigenvalue weighted by Gasteiger charge is -2.25. The highest BCUT2D eigenvalue weighted by atomic mass is 35.5. The van der Waals surface area contributed by atoms with Crippen LogP contribution in [0.5, 0.6) is 0 Å². The van der Waals surface area contributed by atoms with Gasteiger partial charge in [0.05, 0.1) is 22.8 Å². The molecule has 0 saturated heterocycles. The lowest BCUT2D eigenvalue weighted by atomic mass is 10.2. The van der Waals surface area contributed by atoms with E-state index in [9.17, 15) is 18.0 Å². The lowest BCUT2D eigenvalue weighted by Crippen LogP contribution is -2.31. The van der Waals surface area contributed by atoms with Crippen LogP contribution < -0.4 is 9.62 Å². The molecule has 0 bridgehead atoms. The van der Waals surface area contributed by atoms with Crippen LogP contribution in [0, 0.1) is 0 Å². The fourth-order valence-corrected chi connectivity index (χ4v) is 4.85. The van der Waals surface area contributed by atoms with Gasteiger partial charge in [-0.1, -0.05) is 60.1 Å². The van der Waals surface area contributed by atoms with Gasteiger partial charge in [-0.05, 0) is 35.9 Å². The Morgan fingerprint density at radius 2 is 1.59 bits per heavy atom. The second-order valence-electron chi connectivity index (χ2n) is 6.73. The molecule has 1 N–H and O–H groups in total. The second kappa shape index (κ2) is 10.3. The molecule has 0 heterocycles. The number of nitrogens with one attached hydrogen (secondary N) is 1. The lowest BCUT2D eigenvalue weighted by molar-refractivity contribution is -0.123. The van der Waals surface area contributed by atoms with Crippen molar-refractivity contribution in [1.82, 2.24) is 5.32 Å². The SMILES string of the molecule is CNC(=O)COC(=O)c1ccc(Cl)c(S(=O)(=O)N(Cc2ccccc2)c2ccccc2)c1. The van der Waals surface area contributed by atoms with E-state index in [-0.39, 0.29) is 22.0 Å². The highest BCUT2D eigenvalue weighted by Gasteiger charge is 2.28. The molecule has 7 nitrogen and oxygen atoms in total. The van der Waals surface area contributed by atoms with Gasteiger partial charge in [0.15, 0.2) is 6.61 Å². The van der Waals surface area contributed by atoms with Crippen molar-refractivity contribution in [2.45, 2.75) is 11.4 Å². The van der Waals surface area contributed by atoms with Gasteiger partial charge in [0, 0.05) is 7.05 Å². The van der Waals surface area contributed by atoms with Crippen molar-refractivity contribution in [3.63, 3.8) is 0 Å². The predicted molar refractivity (Wildman–Crippen MR) is 122 cm³/mol. The van der Waals surface area contributed by atoms with Gasteiger partial charge in [-0.25, -0.2) is 13.2 Å². The van der Waals surface area contributed by atoms with E-state index in [1.807, 2.05) is 30.3 Å². The average molecular weight is 473 g/mol. The van der Waals surface area contributed by atoms with E-state index in [4.69, 9.17) is 16.3 Å². The van der Waals surface area contributed by atoms with Gasteiger partial charge in [-0.2, -0.15) is 0 Å². The number of benzene rings is 3. The normalized spacial score (nSPS) is 10.9. The molecule has 0 fully saturated rings. The summed E-state index contributed by atoms with van der Waals surface area (Å²) in [6, 6.07) is 21.5. The van der Waals surface area contributed by atoms with Crippen LogP contribution in [0.2, 0.25) is 5.02 Å². The number of ether oxygens (including phenoxy) is 1. The third kappa shape index (κ3) is 5.46. The first kappa shape index (κ1) is 23.3. The zero-order chi connectivity index (χ0) is 23.1. The van der Waals surface area contributed by atoms with Crippen LogP contribution in [-0.4, -0.2) is 33.9 Å². The molecule has 9 heteroatoms. The number of carbonyl (C=O) groups excluding carboxylic acids is 2. The Kier molecular flexibility index (Phi) is 7.50. The highest BCUT2D eigenvalue weighted by Crippen LogP contribution is 2.31. The van der Waals surface area contributed by atoms with E-state index < -0.39 is 28.5 Å². The maximum Gasteiger partial charge on any atom is 0.338 e. The molecule has 3 rings (SSSR count). The number of rotatable bonds is 8. The second-order valence-corrected chi connectivity index (χ2v) is 8.97. The Balaban J connectivity index is 2.00. The quantitative estimate of drug-likeness (QED) is 0.505. The van der Waals surface area contributed by atoms with Crippen molar-refractivity contribution < 1.29 is 22.7 Å². The Bertz CT molecular complexity index is 1200. The molecule has 3 aromatic rings. The Morgan fingerprint density at radius 1 is 0.969 bits per heavy atom. The summed E-state index contributed by atoms with van der Waals surface area (Å²) in [5.74, 6) is -1.32. The molecule has 0 radical (unpaired) electrons. The molecule has 0 unspecified atom stereocenters. The number of para-hydroxylation sites is 1. The van der Waals surface area contributed by atoms with Gasteiger partial charge in [-0.3, -0.25) is 9.10 Å². The number of esters is 1. The number of hydrogen-bond donors (Lipinski definition) is 1. The first-order valence-corrected chi connectivity index (χ1v) is 11.4. The zero-order valence-corrected chi connectivity index (χ0v) is 18.8. The summed E-state index contributed by atoms with van der Waals surface area (Å²) in [6.45, 7) is -0.418. The Hall–Kier alpha value is -3.36. The number of nitrogens with zero attached hydrogens (tertiary/aromatic N) is 1. The van der Waals surface area contributed by atoms with Crippen LogP contribution in [0.3, 0.4) is 0 Å². The van der Waals surface area contributed by atoms with E-state index in [2.05, 4.69) is 5.32 Å². The van der Waals surface area contributed by atoms with Crippen molar-refractivity contribution in [2.24, 2.45) is 0 Å². The van der Waals surface area contributed by atoms with Crippen LogP contribution in [0.1, 0.15) is 15.9 Å². The molecule has 1 amide bonds. The minimum Gasteiger partial charge on any atom is -0.452 e. The maximum absolute atomic E-state index is 13.7. The molecule has 32 heavy (non-hydrogen) atoms. The van der Waals surface area contributed by atoms with E-state index in [0.29, 0.717) is 5.69 Å². The van der Waals surface area contributed by atoms with Gasteiger partial charge in [-0.15, -0.1) is 0 Å². The van der Waals surface area contributed by atoms with Crippen molar-refractivity contribution in [1.29, 1.82) is 0 Å². The smallest absolute Gasteiger partial charge is 0.338 e. The largest absolute Gasteiger partial charge is 0.452 e. The zero-order valence-electron chi connectivity index (χ0n) is 17.2. The summed E-state index contributed by atoms with van der Waals surface area (Å²) in [6.07, 6.45) is 0. The van der Waals surface area contributed by atoms with Crippen LogP contribution in [0.15, 0.2) is 83.8 Å². The molecule has 3 aromatic carbocycles. The van der Waals surface area contributed by atoms with Crippen molar-refractivity contribution in [3.05, 3.63) is 95.0 Å². The van der Waals surface area contributed by atoms with E-state index in [0.717, 1.165) is 11.6 Å². The molecule has 0 saturated carbocycles. The minimum atomic E-state index is -4.16. The molecule has 166 valence electrons. The van der Waals surface area contributed by atoms with E-state index in [1.54, 1.807) is 30.3 Å². The summed E-state index contributed by atoms with van der Waals surface area (Å²) in [4.78, 5) is 23.4. The van der Waals surface area contributed by atoms with Crippen molar-refractivity contribution in [3.8, 4) is 0 Å². The maximum atomic E-state index is 13.7. The van der Waals surface area contributed by atoms with Gasteiger partial charge in [0.2, 0.25) is 0 Å². The van der Waals surface area contributed by atoms with Crippen molar-refractivity contribution in [2.75, 3.05) is 18.0 Å². The van der Waals surface area contributed by atoms with Crippen LogP contribution >= 0.6 is 11.6 Å². The first-order chi connectivity index (χ1) is 15.3. The molecular formula is C23H21ClN2O5S. The molecule has 0 aliphatic carbocycles. The van der Waals surface area contributed by atoms with E-state index >= 15 is 0 Å². The number of likely N-dealkylation sites (N-methyl/N-ethyl adjacent to an activating group) is 1. The third-order valence-corrected chi connectivity index (χ3v) is 6.82. The van der Waals surface area contributed by atoms with Crippen molar-refractivity contribution >= 4 is 39.2 Å². The first-order valence-electron chi connectivity index (χ1n) is 9.62. The number of sulfonamides is 1. The Labute approximate surface area is 191 Å². The van der Waals surface area contributed by atoms with Gasteiger partial charge < -0.3 is 10.1 Å².